The summed E-state index contributed by atoms with van der Waals surface area (Å²) in [5.74, 6) is 0. The number of piperidine rings is 1. The highest BCUT2D eigenvalue weighted by atomic mass is 16.3. The summed E-state index contributed by atoms with van der Waals surface area (Å²) >= 11 is 0. The topological polar surface area (TPSA) is 49.0 Å². The van der Waals surface area contributed by atoms with Gasteiger partial charge in [-0.2, -0.15) is 5.26 Å². The standard InChI is InChI=1S/C11H14N2O/c12-8-11(3-1-4-13-9-11)6-10-2-5-14-7-10/h2,5,7,13H,1,3-4,6,9H2. The van der Waals surface area contributed by atoms with E-state index in [1.165, 1.54) is 0 Å². The van der Waals surface area contributed by atoms with Crippen LogP contribution in [0.2, 0.25) is 0 Å². The minimum absolute atomic E-state index is 0.220. The Morgan fingerprint density at radius 1 is 1.64 bits per heavy atom. The maximum absolute atomic E-state index is 9.22. The molecule has 1 atom stereocenters. The highest BCUT2D eigenvalue weighted by Crippen LogP contribution is 2.29. The quantitative estimate of drug-likeness (QED) is 0.772. The highest BCUT2D eigenvalue weighted by molar-refractivity contribution is 5.15. The van der Waals surface area contributed by atoms with Crippen LogP contribution in [0.1, 0.15) is 18.4 Å². The van der Waals surface area contributed by atoms with Crippen LogP contribution in [0.4, 0.5) is 0 Å². The summed E-state index contributed by atoms with van der Waals surface area (Å²) in [6.07, 6.45) is 6.27. The average Bonchev–Trinajstić information content (AvgIpc) is 2.72. The maximum atomic E-state index is 9.22. The van der Waals surface area contributed by atoms with E-state index >= 15 is 0 Å². The van der Waals surface area contributed by atoms with Gasteiger partial charge in [0.15, 0.2) is 0 Å². The Balaban J connectivity index is 2.09. The van der Waals surface area contributed by atoms with Gasteiger partial charge in [0.25, 0.3) is 0 Å². The number of hydrogen-bond acceptors (Lipinski definition) is 3. The van der Waals surface area contributed by atoms with E-state index in [2.05, 4.69) is 11.4 Å². The first kappa shape index (κ1) is 9.29. The van der Waals surface area contributed by atoms with Crippen molar-refractivity contribution in [2.24, 2.45) is 5.41 Å². The second kappa shape index (κ2) is 3.85. The zero-order valence-corrected chi connectivity index (χ0v) is 8.12. The van der Waals surface area contributed by atoms with Gasteiger partial charge >= 0.3 is 0 Å². The molecule has 1 saturated heterocycles. The summed E-state index contributed by atoms with van der Waals surface area (Å²) < 4.78 is 5.02. The molecule has 1 fully saturated rings. The lowest BCUT2D eigenvalue weighted by Crippen LogP contribution is -2.40. The van der Waals surface area contributed by atoms with Crippen LogP contribution < -0.4 is 5.32 Å². The van der Waals surface area contributed by atoms with Gasteiger partial charge in [-0.25, -0.2) is 0 Å². The highest BCUT2D eigenvalue weighted by Gasteiger charge is 2.32. The van der Waals surface area contributed by atoms with E-state index < -0.39 is 0 Å². The molecule has 0 bridgehead atoms. The summed E-state index contributed by atoms with van der Waals surface area (Å²) in [6.45, 7) is 1.84. The van der Waals surface area contributed by atoms with Gasteiger partial charge in [0.1, 0.15) is 0 Å². The normalized spacial score (nSPS) is 27.1. The van der Waals surface area contributed by atoms with Crippen LogP contribution in [0.15, 0.2) is 23.0 Å². The van der Waals surface area contributed by atoms with Crippen LogP contribution in [-0.2, 0) is 6.42 Å². The van der Waals surface area contributed by atoms with E-state index in [1.807, 2.05) is 6.07 Å². The van der Waals surface area contributed by atoms with Gasteiger partial charge in [-0.15, -0.1) is 0 Å². The van der Waals surface area contributed by atoms with Crippen molar-refractivity contribution in [3.8, 4) is 6.07 Å². The van der Waals surface area contributed by atoms with Gasteiger partial charge in [0.05, 0.1) is 24.0 Å². The summed E-state index contributed by atoms with van der Waals surface area (Å²) in [7, 11) is 0. The predicted molar refractivity (Wildman–Crippen MR) is 52.6 cm³/mol. The summed E-state index contributed by atoms with van der Waals surface area (Å²) in [5.41, 5.74) is 0.900. The van der Waals surface area contributed by atoms with Crippen molar-refractivity contribution in [2.45, 2.75) is 19.3 Å². The smallest absolute Gasteiger partial charge is 0.0935 e. The van der Waals surface area contributed by atoms with Crippen LogP contribution >= 0.6 is 0 Å². The lowest BCUT2D eigenvalue weighted by molar-refractivity contribution is 0.285. The van der Waals surface area contributed by atoms with Gasteiger partial charge in [-0.05, 0) is 37.4 Å². The Morgan fingerprint density at radius 2 is 2.57 bits per heavy atom. The first-order valence-electron chi connectivity index (χ1n) is 4.98. The molecule has 1 aromatic rings. The lowest BCUT2D eigenvalue weighted by atomic mass is 9.77. The van der Waals surface area contributed by atoms with Crippen molar-refractivity contribution < 1.29 is 4.42 Å². The molecule has 1 aliphatic heterocycles. The monoisotopic (exact) mass is 190 g/mol. The summed E-state index contributed by atoms with van der Waals surface area (Å²) in [6, 6.07) is 4.39. The Morgan fingerprint density at radius 3 is 3.14 bits per heavy atom. The van der Waals surface area contributed by atoms with Gasteiger partial charge in [-0.1, -0.05) is 0 Å². The fourth-order valence-electron chi connectivity index (χ4n) is 2.04. The van der Waals surface area contributed by atoms with Gasteiger partial charge < -0.3 is 9.73 Å². The van der Waals surface area contributed by atoms with Crippen molar-refractivity contribution in [1.82, 2.24) is 5.32 Å². The third-order valence-corrected chi connectivity index (χ3v) is 2.83. The summed E-state index contributed by atoms with van der Waals surface area (Å²) in [5, 5.41) is 12.5. The molecule has 1 aliphatic rings. The lowest BCUT2D eigenvalue weighted by Gasteiger charge is -2.30. The second-order valence-electron chi connectivity index (χ2n) is 3.98. The van der Waals surface area contributed by atoms with E-state index in [-0.39, 0.29) is 5.41 Å². The van der Waals surface area contributed by atoms with Crippen LogP contribution in [0.25, 0.3) is 0 Å². The summed E-state index contributed by atoms with van der Waals surface area (Å²) in [4.78, 5) is 0. The van der Waals surface area contributed by atoms with E-state index in [0.29, 0.717) is 0 Å². The molecule has 0 aliphatic carbocycles. The number of nitrogens with one attached hydrogen (secondary N) is 1. The van der Waals surface area contributed by atoms with Crippen LogP contribution in [0.5, 0.6) is 0 Å². The molecule has 0 radical (unpaired) electrons. The molecule has 1 N–H and O–H groups in total. The van der Waals surface area contributed by atoms with Crippen LogP contribution in [-0.4, -0.2) is 13.1 Å². The Labute approximate surface area is 83.7 Å². The van der Waals surface area contributed by atoms with Crippen molar-refractivity contribution in [3.63, 3.8) is 0 Å². The molecule has 1 unspecified atom stereocenters. The molecule has 3 heteroatoms. The van der Waals surface area contributed by atoms with Gasteiger partial charge in [0, 0.05) is 6.54 Å². The van der Waals surface area contributed by atoms with Gasteiger partial charge in [-0.3, -0.25) is 0 Å². The fraction of sp³-hybridized carbons (Fsp3) is 0.545. The molecule has 1 aromatic heterocycles. The molecule has 2 rings (SSSR count). The molecular formula is C11H14N2O. The largest absolute Gasteiger partial charge is 0.472 e. The second-order valence-corrected chi connectivity index (χ2v) is 3.98. The van der Waals surface area contributed by atoms with E-state index in [9.17, 15) is 5.26 Å². The zero-order valence-electron chi connectivity index (χ0n) is 8.12. The van der Waals surface area contributed by atoms with Gasteiger partial charge in [0.2, 0.25) is 0 Å². The number of rotatable bonds is 2. The number of furan rings is 1. The zero-order chi connectivity index (χ0) is 9.86. The third kappa shape index (κ3) is 1.80. The minimum atomic E-state index is -0.220. The Kier molecular flexibility index (Phi) is 2.55. The molecule has 2 heterocycles. The van der Waals surface area contributed by atoms with Crippen molar-refractivity contribution in [2.75, 3.05) is 13.1 Å². The third-order valence-electron chi connectivity index (χ3n) is 2.83. The van der Waals surface area contributed by atoms with Crippen LogP contribution in [0, 0.1) is 16.7 Å². The molecule has 74 valence electrons. The minimum Gasteiger partial charge on any atom is -0.472 e. The molecule has 0 saturated carbocycles. The molecule has 0 amide bonds. The molecular weight excluding hydrogens is 176 g/mol. The molecule has 3 nitrogen and oxygen atoms in total. The van der Waals surface area contributed by atoms with Crippen molar-refractivity contribution in [1.29, 1.82) is 5.26 Å². The first-order valence-corrected chi connectivity index (χ1v) is 4.98. The fourth-order valence-corrected chi connectivity index (χ4v) is 2.04. The van der Waals surface area contributed by atoms with E-state index in [4.69, 9.17) is 4.42 Å². The molecule has 0 aromatic carbocycles. The maximum Gasteiger partial charge on any atom is 0.0935 e. The van der Waals surface area contributed by atoms with Crippen LogP contribution in [0.3, 0.4) is 0 Å². The molecule has 14 heavy (non-hydrogen) atoms. The van der Waals surface area contributed by atoms with Crippen molar-refractivity contribution in [3.05, 3.63) is 24.2 Å². The van der Waals surface area contributed by atoms with Crippen molar-refractivity contribution >= 4 is 0 Å². The first-order chi connectivity index (χ1) is 6.85. The number of hydrogen-bond donors (Lipinski definition) is 1. The van der Waals surface area contributed by atoms with E-state index in [0.717, 1.165) is 37.9 Å². The Hall–Kier alpha value is -1.27. The number of nitrogens with zero attached hydrogens (tertiary/aromatic N) is 1. The Bertz CT molecular complexity index is 318. The van der Waals surface area contributed by atoms with E-state index in [1.54, 1.807) is 12.5 Å². The SMILES string of the molecule is N#CC1(Cc2ccoc2)CCCNC1. The molecule has 0 spiro atoms. The number of nitriles is 1. The average molecular weight is 190 g/mol. The predicted octanol–water partition coefficient (Wildman–Crippen LogP) is 1.72.